The lowest BCUT2D eigenvalue weighted by molar-refractivity contribution is 0.165. The van der Waals surface area contributed by atoms with Crippen molar-refractivity contribution in [3.8, 4) is 34.5 Å². The average Bonchev–Trinajstić information content (AvgIpc) is 0.768. The van der Waals surface area contributed by atoms with Crippen LogP contribution in [0.4, 0.5) is 0 Å². The molecule has 18 heteroatoms. The van der Waals surface area contributed by atoms with Crippen LogP contribution in [0.1, 0.15) is 266 Å². The number of benzene rings is 6. The quantitative estimate of drug-likeness (QED) is 0.0624. The molecule has 0 fully saturated rings. The van der Waals surface area contributed by atoms with Gasteiger partial charge in [0.2, 0.25) is 0 Å². The molecule has 0 saturated heterocycles. The zero-order valence-corrected chi connectivity index (χ0v) is 67.6. The summed E-state index contributed by atoms with van der Waals surface area (Å²) in [5.74, 6) is 2.86. The third-order valence-electron chi connectivity index (χ3n) is 17.9. The van der Waals surface area contributed by atoms with Crippen LogP contribution in [0.15, 0.2) is 72.8 Å². The van der Waals surface area contributed by atoms with Crippen LogP contribution in [0, 0.1) is 0 Å². The smallest absolute Gasteiger partial charge is 0.496 e. The van der Waals surface area contributed by atoms with Crippen molar-refractivity contribution in [2.24, 2.45) is 0 Å². The van der Waals surface area contributed by atoms with Gasteiger partial charge < -0.3 is 27.8 Å². The van der Waals surface area contributed by atoms with E-state index >= 15 is 13.7 Å². The van der Waals surface area contributed by atoms with Gasteiger partial charge in [-0.1, -0.05) is 197 Å². The van der Waals surface area contributed by atoms with Crippen LogP contribution in [-0.2, 0) is 112 Å². The molecule has 0 aromatic heterocycles. The zero-order chi connectivity index (χ0) is 73.8. The highest BCUT2D eigenvalue weighted by Gasteiger charge is 2.38. The SMILES string of the molecule is CCOP(=O)(OCC)Oc1c2cc(C(C)(C)C)cc1Cc1cc(C(C)(C)C)cc(c1OC)Cc1cc(C(C)(C)C)cc(c1OP(=O)(OCC)OCC)Cc1cc(C(C)(C)C)cc(c1OC)Cc1cc(C(C)(C)C)cc(c1OP(=O)(OCC)OCC)Cc1cc(C(C)(C)C)cc(c1OC)C2. The number of fused-ring (bicyclic) bond motifs is 12. The van der Waals surface area contributed by atoms with Crippen molar-refractivity contribution >= 4 is 23.5 Å². The average molecular weight is 1420 g/mol. The van der Waals surface area contributed by atoms with Crippen molar-refractivity contribution < 1.29 is 68.6 Å². The van der Waals surface area contributed by atoms with Crippen molar-refractivity contribution in [3.05, 3.63) is 173 Å². The molecule has 1 aliphatic carbocycles. The first-order chi connectivity index (χ1) is 45.9. The monoisotopic (exact) mass is 1420 g/mol. The van der Waals surface area contributed by atoms with E-state index in [2.05, 4.69) is 197 Å². The summed E-state index contributed by atoms with van der Waals surface area (Å²) in [5.41, 5.74) is 13.0. The van der Waals surface area contributed by atoms with E-state index in [-0.39, 0.29) is 94.4 Å². The molecule has 0 saturated carbocycles. The lowest BCUT2D eigenvalue weighted by Gasteiger charge is -2.29. The summed E-state index contributed by atoms with van der Waals surface area (Å²) in [6.45, 7) is 50.3. The van der Waals surface area contributed by atoms with Gasteiger partial charge in [0.25, 0.3) is 0 Å². The number of rotatable bonds is 21. The normalized spacial score (nSPS) is 14.0. The lowest BCUT2D eigenvalue weighted by Crippen LogP contribution is -2.17. The van der Waals surface area contributed by atoms with Gasteiger partial charge in [-0.05, 0) is 174 Å². The van der Waals surface area contributed by atoms with Gasteiger partial charge in [0, 0.05) is 38.5 Å². The molecule has 6 aromatic rings. The Balaban J connectivity index is 1.80. The molecular formula is C81H117O15P3. The van der Waals surface area contributed by atoms with Crippen LogP contribution < -0.4 is 27.8 Å². The van der Waals surface area contributed by atoms with Crippen molar-refractivity contribution in [1.29, 1.82) is 0 Å². The highest BCUT2D eigenvalue weighted by atomic mass is 31.2. The lowest BCUT2D eigenvalue weighted by atomic mass is 9.79. The van der Waals surface area contributed by atoms with Crippen molar-refractivity contribution in [1.82, 2.24) is 0 Å². The van der Waals surface area contributed by atoms with E-state index in [9.17, 15) is 0 Å². The standard InChI is InChI=1S/C81H117O15P3/c1-28-88-97(82,89-29-2)94-73-58-34-52-40-64(76(7,8)9)42-54(70(52)85-25)36-60-48-68(80(19,20)21)50-62(74(60)95-98(83,90-30-3)91-31-4)38-56-44-66(78(13,14)15)45-57(72(56)87-27)39-63-51-69(81(22,23)24)49-61(75(63)96-99(84,92-32-5)93-33-6)37-55-43-65(77(10,11)12)41-53(71(55)86-26)35-59(73)47-67(46-58)79(16,17)18/h40-51H,28-39H2,1-27H3. The Kier molecular flexibility index (Phi) is 25.9. The summed E-state index contributed by atoms with van der Waals surface area (Å²) < 4.78 is 123. The topological polar surface area (TPSA) is 162 Å². The van der Waals surface area contributed by atoms with Gasteiger partial charge in [0.15, 0.2) is 0 Å². The van der Waals surface area contributed by atoms with Crippen LogP contribution in [0.3, 0.4) is 0 Å². The molecule has 546 valence electrons. The summed E-state index contributed by atoms with van der Waals surface area (Å²) in [4.78, 5) is 0. The predicted molar refractivity (Wildman–Crippen MR) is 402 cm³/mol. The number of methoxy groups -OCH3 is 3. The summed E-state index contributed by atoms with van der Waals surface area (Å²) in [7, 11) is -7.88. The second-order valence-corrected chi connectivity index (χ2v) is 36.8. The van der Waals surface area contributed by atoms with Gasteiger partial charge in [-0.2, -0.15) is 0 Å². The third kappa shape index (κ3) is 19.9. The number of phosphoric acid groups is 3. The number of ether oxygens (including phenoxy) is 3. The Labute approximate surface area is 594 Å². The van der Waals surface area contributed by atoms with E-state index in [0.29, 0.717) is 34.5 Å². The Morgan fingerprint density at radius 3 is 0.465 bits per heavy atom. The summed E-state index contributed by atoms with van der Waals surface area (Å²) in [6, 6.07) is 26.1. The van der Waals surface area contributed by atoms with E-state index in [1.54, 1.807) is 62.9 Å². The van der Waals surface area contributed by atoms with Gasteiger partial charge in [0.05, 0.1) is 61.0 Å². The van der Waals surface area contributed by atoms with Crippen molar-refractivity contribution in [3.63, 3.8) is 0 Å². The van der Waals surface area contributed by atoms with E-state index < -0.39 is 39.7 Å². The predicted octanol–water partition coefficient (Wildman–Crippen LogP) is 22.0. The van der Waals surface area contributed by atoms with Gasteiger partial charge >= 0.3 is 23.5 Å². The second kappa shape index (κ2) is 31.7. The molecule has 12 bridgehead atoms. The number of hydrogen-bond donors (Lipinski definition) is 0. The minimum Gasteiger partial charge on any atom is -0.496 e. The van der Waals surface area contributed by atoms with E-state index in [4.69, 9.17) is 54.9 Å². The molecular weight excluding hydrogens is 1310 g/mol. The van der Waals surface area contributed by atoms with Gasteiger partial charge in [-0.25, -0.2) is 13.7 Å². The Hall–Kier alpha value is -5.43. The van der Waals surface area contributed by atoms with E-state index in [1.165, 1.54) is 0 Å². The van der Waals surface area contributed by atoms with Crippen LogP contribution >= 0.6 is 23.5 Å². The fourth-order valence-corrected chi connectivity index (χ4v) is 16.4. The van der Waals surface area contributed by atoms with Gasteiger partial charge in [-0.15, -0.1) is 0 Å². The zero-order valence-electron chi connectivity index (χ0n) is 64.9. The molecule has 0 heterocycles. The van der Waals surface area contributed by atoms with Crippen LogP contribution in [-0.4, -0.2) is 61.0 Å². The molecule has 0 atom stereocenters. The molecule has 1 aliphatic rings. The molecule has 0 spiro atoms. The Bertz CT molecular complexity index is 3410. The molecule has 0 N–H and O–H groups in total. The minimum absolute atomic E-state index is 0.0535. The first-order valence-electron chi connectivity index (χ1n) is 35.3. The second-order valence-electron chi connectivity index (χ2n) is 32.0. The molecule has 0 unspecified atom stereocenters. The molecule has 6 aromatic carbocycles. The summed E-state index contributed by atoms with van der Waals surface area (Å²) in [6.07, 6.45) is 1.44. The maximum atomic E-state index is 15.3. The number of phosphoric ester groups is 3. The third-order valence-corrected chi connectivity index (χ3v) is 22.5. The fourth-order valence-electron chi connectivity index (χ4n) is 12.6. The van der Waals surface area contributed by atoms with Gasteiger partial charge in [-0.3, -0.25) is 27.1 Å². The Morgan fingerprint density at radius 2 is 0.364 bits per heavy atom. The van der Waals surface area contributed by atoms with E-state index in [0.717, 1.165) is 100 Å². The highest BCUT2D eigenvalue weighted by molar-refractivity contribution is 7.49. The summed E-state index contributed by atoms with van der Waals surface area (Å²) in [5, 5.41) is 0. The maximum absolute atomic E-state index is 15.3. The Morgan fingerprint density at radius 1 is 0.242 bits per heavy atom. The minimum atomic E-state index is -4.32. The molecule has 0 radical (unpaired) electrons. The number of hydrogen-bond acceptors (Lipinski definition) is 15. The summed E-state index contributed by atoms with van der Waals surface area (Å²) >= 11 is 0. The maximum Gasteiger partial charge on any atom is 0.530 e. The fraction of sp³-hybridized carbons (Fsp3) is 0.556. The molecule has 0 aliphatic heterocycles. The molecule has 0 amide bonds. The molecule has 15 nitrogen and oxygen atoms in total. The first-order valence-corrected chi connectivity index (χ1v) is 39.7. The highest BCUT2D eigenvalue weighted by Crippen LogP contribution is 2.57. The van der Waals surface area contributed by atoms with Crippen LogP contribution in [0.2, 0.25) is 0 Å². The van der Waals surface area contributed by atoms with Crippen molar-refractivity contribution in [2.75, 3.05) is 61.0 Å². The molecule has 99 heavy (non-hydrogen) atoms. The van der Waals surface area contributed by atoms with E-state index in [1.807, 2.05) is 0 Å². The van der Waals surface area contributed by atoms with Crippen LogP contribution in [0.5, 0.6) is 34.5 Å². The largest absolute Gasteiger partial charge is 0.530 e. The molecule has 7 rings (SSSR count). The van der Waals surface area contributed by atoms with Gasteiger partial charge in [0.1, 0.15) is 34.5 Å². The van der Waals surface area contributed by atoms with Crippen LogP contribution in [0.25, 0.3) is 0 Å². The van der Waals surface area contributed by atoms with Crippen molar-refractivity contribution in [2.45, 2.75) is 237 Å². The first kappa shape index (κ1) is 80.9.